The summed E-state index contributed by atoms with van der Waals surface area (Å²) in [6, 6.07) is 5.92. The lowest BCUT2D eigenvalue weighted by Crippen LogP contribution is -2.47. The first-order valence-corrected chi connectivity index (χ1v) is 8.52. The van der Waals surface area contributed by atoms with E-state index in [4.69, 9.17) is 0 Å². The fraction of sp³-hybridized carbons (Fsp3) is 0.600. The van der Waals surface area contributed by atoms with Crippen molar-refractivity contribution < 1.29 is 4.79 Å². The Bertz CT molecular complexity index is 490. The van der Waals surface area contributed by atoms with Gasteiger partial charge in [-0.2, -0.15) is 0 Å². The molecule has 0 radical (unpaired) electrons. The molecule has 0 unspecified atom stereocenters. The van der Waals surface area contributed by atoms with Gasteiger partial charge in [0, 0.05) is 19.5 Å². The molecule has 2 saturated heterocycles. The van der Waals surface area contributed by atoms with Crippen LogP contribution < -0.4 is 4.90 Å². The molecule has 3 heterocycles. The number of aromatic nitrogens is 1. The van der Waals surface area contributed by atoms with Crippen LogP contribution in [0, 0.1) is 5.92 Å². The lowest BCUT2D eigenvalue weighted by atomic mass is 9.95. The SMILES string of the molecule is CSc1cccc(N2C[C@H](CN3CCC3)CCC2=O)n1. The Morgan fingerprint density at radius 2 is 2.25 bits per heavy atom. The average Bonchev–Trinajstić information content (AvgIpc) is 2.44. The molecular formula is C15H21N3OS. The van der Waals surface area contributed by atoms with Crippen LogP contribution in [0.3, 0.4) is 0 Å². The number of carbonyl (C=O) groups is 1. The van der Waals surface area contributed by atoms with Crippen molar-refractivity contribution >= 4 is 23.5 Å². The van der Waals surface area contributed by atoms with Crippen LogP contribution in [0.2, 0.25) is 0 Å². The minimum atomic E-state index is 0.218. The molecule has 2 aliphatic rings. The molecule has 5 heteroatoms. The molecule has 0 aliphatic carbocycles. The predicted octanol–water partition coefficient (Wildman–Crippen LogP) is 2.25. The number of anilines is 1. The van der Waals surface area contributed by atoms with Gasteiger partial charge in [0.2, 0.25) is 5.91 Å². The molecule has 20 heavy (non-hydrogen) atoms. The summed E-state index contributed by atoms with van der Waals surface area (Å²) >= 11 is 1.62. The molecule has 1 amide bonds. The number of hydrogen-bond donors (Lipinski definition) is 0. The van der Waals surface area contributed by atoms with Crippen LogP contribution in [-0.4, -0.2) is 48.2 Å². The molecule has 0 aromatic carbocycles. The van der Waals surface area contributed by atoms with E-state index in [1.807, 2.05) is 29.4 Å². The first kappa shape index (κ1) is 13.9. The molecule has 1 aromatic rings. The van der Waals surface area contributed by atoms with Gasteiger partial charge in [0.05, 0.1) is 5.03 Å². The van der Waals surface area contributed by atoms with Gasteiger partial charge in [-0.05, 0) is 50.2 Å². The van der Waals surface area contributed by atoms with Crippen molar-refractivity contribution in [2.24, 2.45) is 5.92 Å². The monoisotopic (exact) mass is 291 g/mol. The zero-order valence-corrected chi connectivity index (χ0v) is 12.7. The summed E-state index contributed by atoms with van der Waals surface area (Å²) in [7, 11) is 0. The summed E-state index contributed by atoms with van der Waals surface area (Å²) in [5, 5.41) is 0.972. The first-order valence-electron chi connectivity index (χ1n) is 7.30. The van der Waals surface area contributed by atoms with Crippen molar-refractivity contribution in [3.05, 3.63) is 18.2 Å². The number of pyridine rings is 1. The highest BCUT2D eigenvalue weighted by Gasteiger charge is 2.29. The lowest BCUT2D eigenvalue weighted by Gasteiger charge is -2.38. The Morgan fingerprint density at radius 3 is 2.95 bits per heavy atom. The summed E-state index contributed by atoms with van der Waals surface area (Å²) in [6.45, 7) is 4.40. The fourth-order valence-corrected chi connectivity index (χ4v) is 3.28. The van der Waals surface area contributed by atoms with Crippen LogP contribution in [0.5, 0.6) is 0 Å². The quantitative estimate of drug-likeness (QED) is 0.797. The second-order valence-electron chi connectivity index (χ2n) is 5.60. The van der Waals surface area contributed by atoms with E-state index >= 15 is 0 Å². The Hall–Kier alpha value is -1.07. The Labute approximate surface area is 124 Å². The van der Waals surface area contributed by atoms with Crippen molar-refractivity contribution in [2.75, 3.05) is 37.3 Å². The summed E-state index contributed by atoms with van der Waals surface area (Å²) in [4.78, 5) is 21.1. The van der Waals surface area contributed by atoms with Crippen LogP contribution in [-0.2, 0) is 4.79 Å². The maximum absolute atomic E-state index is 12.2. The van der Waals surface area contributed by atoms with Crippen LogP contribution >= 0.6 is 11.8 Å². The number of thioether (sulfide) groups is 1. The minimum absolute atomic E-state index is 0.218. The van der Waals surface area contributed by atoms with E-state index in [2.05, 4.69) is 9.88 Å². The van der Waals surface area contributed by atoms with Gasteiger partial charge in [-0.25, -0.2) is 4.98 Å². The van der Waals surface area contributed by atoms with E-state index < -0.39 is 0 Å². The average molecular weight is 291 g/mol. The van der Waals surface area contributed by atoms with Gasteiger partial charge in [-0.15, -0.1) is 11.8 Å². The van der Waals surface area contributed by atoms with Gasteiger partial charge in [0.1, 0.15) is 5.82 Å². The second-order valence-corrected chi connectivity index (χ2v) is 6.43. The van der Waals surface area contributed by atoms with Crippen LogP contribution in [0.15, 0.2) is 23.2 Å². The zero-order valence-electron chi connectivity index (χ0n) is 11.9. The number of rotatable bonds is 4. The van der Waals surface area contributed by atoms with E-state index in [0.29, 0.717) is 12.3 Å². The number of piperidine rings is 1. The largest absolute Gasteiger partial charge is 0.303 e. The number of hydrogen-bond acceptors (Lipinski definition) is 4. The molecule has 1 atom stereocenters. The van der Waals surface area contributed by atoms with Crippen LogP contribution in [0.4, 0.5) is 5.82 Å². The molecule has 2 aliphatic heterocycles. The smallest absolute Gasteiger partial charge is 0.228 e. The standard InChI is InChI=1S/C15H21N3OS/c1-20-14-5-2-4-13(16-14)18-11-12(6-7-15(18)19)10-17-8-3-9-17/h2,4-5,12H,3,6-11H2,1H3/t12-/m0/s1. The van der Waals surface area contributed by atoms with Gasteiger partial charge in [0.15, 0.2) is 0 Å². The summed E-state index contributed by atoms with van der Waals surface area (Å²) in [5.74, 6) is 1.62. The highest BCUT2D eigenvalue weighted by Crippen LogP contribution is 2.26. The van der Waals surface area contributed by atoms with E-state index in [-0.39, 0.29) is 5.91 Å². The number of carbonyl (C=O) groups excluding carboxylic acids is 1. The van der Waals surface area contributed by atoms with Crippen molar-refractivity contribution in [1.82, 2.24) is 9.88 Å². The normalized spacial score (nSPS) is 23.8. The van der Waals surface area contributed by atoms with Crippen molar-refractivity contribution in [3.63, 3.8) is 0 Å². The molecule has 3 rings (SSSR count). The van der Waals surface area contributed by atoms with Gasteiger partial charge in [0.25, 0.3) is 0 Å². The second kappa shape index (κ2) is 6.14. The number of amides is 1. The van der Waals surface area contributed by atoms with Crippen LogP contribution in [0.1, 0.15) is 19.3 Å². The molecule has 108 valence electrons. The number of nitrogens with zero attached hydrogens (tertiary/aromatic N) is 3. The molecule has 0 saturated carbocycles. The third kappa shape index (κ3) is 2.99. The maximum Gasteiger partial charge on any atom is 0.228 e. The predicted molar refractivity (Wildman–Crippen MR) is 82.2 cm³/mol. The first-order chi connectivity index (χ1) is 9.76. The Kier molecular flexibility index (Phi) is 4.27. The Morgan fingerprint density at radius 1 is 1.40 bits per heavy atom. The van der Waals surface area contributed by atoms with Gasteiger partial charge < -0.3 is 4.90 Å². The van der Waals surface area contributed by atoms with Gasteiger partial charge in [-0.3, -0.25) is 9.69 Å². The molecule has 0 spiro atoms. The summed E-state index contributed by atoms with van der Waals surface area (Å²) in [5.41, 5.74) is 0. The highest BCUT2D eigenvalue weighted by atomic mass is 32.2. The molecule has 2 fully saturated rings. The van der Waals surface area contributed by atoms with E-state index in [1.54, 1.807) is 11.8 Å². The van der Waals surface area contributed by atoms with E-state index in [0.717, 1.165) is 30.4 Å². The third-order valence-electron chi connectivity index (χ3n) is 4.17. The third-order valence-corrected chi connectivity index (χ3v) is 4.81. The molecule has 0 bridgehead atoms. The highest BCUT2D eigenvalue weighted by molar-refractivity contribution is 7.98. The van der Waals surface area contributed by atoms with Crippen LogP contribution in [0.25, 0.3) is 0 Å². The topological polar surface area (TPSA) is 36.4 Å². The molecular weight excluding hydrogens is 270 g/mol. The molecule has 4 nitrogen and oxygen atoms in total. The zero-order chi connectivity index (χ0) is 13.9. The molecule has 0 N–H and O–H groups in total. The van der Waals surface area contributed by atoms with Crippen molar-refractivity contribution in [2.45, 2.75) is 24.3 Å². The van der Waals surface area contributed by atoms with E-state index in [1.165, 1.54) is 19.5 Å². The van der Waals surface area contributed by atoms with Crippen molar-refractivity contribution in [3.8, 4) is 0 Å². The summed E-state index contributed by atoms with van der Waals surface area (Å²) < 4.78 is 0. The summed E-state index contributed by atoms with van der Waals surface area (Å²) in [6.07, 6.45) is 5.02. The molecule has 1 aromatic heterocycles. The van der Waals surface area contributed by atoms with E-state index in [9.17, 15) is 4.79 Å². The Balaban J connectivity index is 1.70. The van der Waals surface area contributed by atoms with Gasteiger partial charge >= 0.3 is 0 Å². The van der Waals surface area contributed by atoms with Crippen molar-refractivity contribution in [1.29, 1.82) is 0 Å². The maximum atomic E-state index is 12.2. The van der Waals surface area contributed by atoms with Gasteiger partial charge in [-0.1, -0.05) is 6.07 Å². The fourth-order valence-electron chi connectivity index (χ4n) is 2.88. The minimum Gasteiger partial charge on any atom is -0.303 e. The number of likely N-dealkylation sites (tertiary alicyclic amines) is 1. The lowest BCUT2D eigenvalue weighted by molar-refractivity contribution is -0.120.